The van der Waals surface area contributed by atoms with Gasteiger partial charge in [0, 0.05) is 19.5 Å². The van der Waals surface area contributed by atoms with Crippen molar-refractivity contribution in [3.8, 4) is 0 Å². The number of aldehydes is 1. The second-order valence-electron chi connectivity index (χ2n) is 30.2. The third kappa shape index (κ3) is 17.4. The van der Waals surface area contributed by atoms with Gasteiger partial charge in [-0.05, 0) is 40.9 Å². The average molecular weight is 1990 g/mol. The van der Waals surface area contributed by atoms with Crippen LogP contribution in [0.1, 0.15) is 131 Å². The summed E-state index contributed by atoms with van der Waals surface area (Å²) < 4.78 is 7.17. The topological polar surface area (TPSA) is 108 Å². The van der Waals surface area contributed by atoms with Gasteiger partial charge in [-0.15, -0.1) is 0 Å². The Morgan fingerprint density at radius 1 is 0.339 bits per heavy atom. The van der Waals surface area contributed by atoms with Crippen LogP contribution < -0.4 is 14.7 Å². The molecular weight excluding hydrogens is 1900 g/mol. The van der Waals surface area contributed by atoms with E-state index in [0.717, 1.165) is 26.1 Å². The second kappa shape index (κ2) is 36.1. The van der Waals surface area contributed by atoms with Crippen LogP contribution in [0.2, 0.25) is 0 Å². The van der Waals surface area contributed by atoms with E-state index in [1.54, 1.807) is 34.3 Å². The van der Waals surface area contributed by atoms with E-state index in [4.69, 9.17) is 24.4 Å². The number of anilines is 9. The number of nitrogens with zero attached hydrogens (tertiary/aromatic N) is 7. The summed E-state index contributed by atoms with van der Waals surface area (Å²) in [6.07, 6.45) is 3.72. The van der Waals surface area contributed by atoms with Gasteiger partial charge in [0.15, 0.2) is 5.11 Å². The van der Waals surface area contributed by atoms with Gasteiger partial charge in [-0.25, -0.2) is 0 Å². The number of para-hydroxylation sites is 6. The summed E-state index contributed by atoms with van der Waals surface area (Å²) in [5.41, 5.74) is 21.6. The summed E-state index contributed by atoms with van der Waals surface area (Å²) in [5, 5.41) is 0.488. The fourth-order valence-corrected chi connectivity index (χ4v) is 24.2. The summed E-state index contributed by atoms with van der Waals surface area (Å²) in [7, 11) is 6.33. The number of thiocarbonyl (C=S) groups is 2. The number of carbonyl (C=O) groups excluding carboxylic acids is 5. The molecule has 4 amide bonds. The van der Waals surface area contributed by atoms with E-state index in [1.807, 2.05) is 12.1 Å². The SMILES string of the molecule is CC1(C)c2ccccc2Cc2ccccc21.CC1(C)c2ccccc2N(c2ccc(C=O)[se]2)c2ccccc21.CC1(C)c2ccccc2N(c2ccc[se]2)c2ccccc21.CN1C(=O)C(=Cc2ccc(N3c4ccccc4C(C)(C)c4ccccc43)[se]2)C(=O)N(C)C1=S.CN1C(=O)CC(=O)N(C)C1=S.Ic1ccc[se]1.c1cc[se]c1. The molecule has 0 bridgehead atoms. The van der Waals surface area contributed by atoms with Gasteiger partial charge < -0.3 is 0 Å². The van der Waals surface area contributed by atoms with Crippen molar-refractivity contribution in [1.82, 2.24) is 19.6 Å². The van der Waals surface area contributed by atoms with Crippen LogP contribution >= 0.6 is 47.0 Å². The monoisotopic (exact) mass is 2000 g/mol. The third-order valence-corrected chi connectivity index (χ3v) is 33.1. The Morgan fingerprint density at radius 3 is 0.983 bits per heavy atom. The molecule has 6 aliphatic rings. The van der Waals surface area contributed by atoms with Crippen molar-refractivity contribution in [1.29, 1.82) is 0 Å². The average Bonchev–Trinajstić information content (AvgIpc) is 1.63. The maximum absolute atomic E-state index is 12.7. The van der Waals surface area contributed by atoms with Crippen LogP contribution in [0.5, 0.6) is 0 Å². The molecule has 13 aromatic rings. The van der Waals surface area contributed by atoms with Gasteiger partial charge in [-0.1, -0.05) is 62.4 Å². The number of halogens is 1. The molecule has 5 aromatic heterocycles. The normalized spacial score (nSPS) is 15.7. The van der Waals surface area contributed by atoms with Crippen molar-refractivity contribution in [2.24, 2.45) is 0 Å². The fourth-order valence-electron chi connectivity index (χ4n) is 15.5. The van der Waals surface area contributed by atoms with Crippen molar-refractivity contribution in [2.75, 3.05) is 42.9 Å². The molecule has 0 radical (unpaired) electrons. The van der Waals surface area contributed by atoms with Gasteiger partial charge in [0.25, 0.3) is 0 Å². The van der Waals surface area contributed by atoms with Crippen molar-refractivity contribution >= 4 is 214 Å². The summed E-state index contributed by atoms with van der Waals surface area (Å²) in [5.74, 6) is -1.19. The Hall–Kier alpha value is -8.64. The van der Waals surface area contributed by atoms with E-state index in [1.165, 1.54) is 121 Å². The zero-order valence-corrected chi connectivity index (χ0v) is 78.4. The molecule has 0 saturated carbocycles. The predicted octanol–water partition coefficient (Wildman–Crippen LogP) is 19.6. The standard InChI is InChI=1S/C26H23N3O2SSe.C20H17NOSe.C19H17NSe.C16H16.C6H8N2O2S.C4H3ISe.C4H4Se/c1-26(2)18-9-5-7-11-20(18)29(21-12-8-6-10-19(21)26)22-14-13-16(33-22)15-17-23(30)27(3)25(32)28(4)24(17)31;1-20(2)15-7-3-5-9-17(15)21(18-10-6-4-8-16(18)20)19-12-11-14(13-22)23-19;1-19(2)14-8-3-5-10-16(14)20(18-12-7-13-21-18)17-11-6-4-9-15(17)19;1-16(2)14-9-5-3-7-12(14)11-13-8-4-6-10-15(13)16;1-7-4(9)3-5(10)8(2)6(7)11;5-4-2-1-3-6-4;1-2-4-5-3-1/h5-15H,1-4H3;3-13H,1-2H3;3-13H,1-2H3;3-10H,11H2,1-2H3;3H2,1-2H3;1-3H;1-4H. The van der Waals surface area contributed by atoms with E-state index in [0.29, 0.717) is 43.5 Å². The Labute approximate surface area is 729 Å². The minimum absolute atomic E-state index is 0.0310. The van der Waals surface area contributed by atoms with Crippen molar-refractivity contribution in [2.45, 2.75) is 89.9 Å². The summed E-state index contributed by atoms with van der Waals surface area (Å²) in [6, 6.07) is 90.6. The molecule has 19 rings (SSSR count). The van der Waals surface area contributed by atoms with Gasteiger partial charge in [-0.2, -0.15) is 0 Å². The number of carbonyl (C=O) groups is 5. The summed E-state index contributed by atoms with van der Waals surface area (Å²) in [6.45, 7) is 18.4. The van der Waals surface area contributed by atoms with Crippen LogP contribution in [0, 0.1) is 2.44 Å². The van der Waals surface area contributed by atoms with Crippen LogP contribution in [0.15, 0.2) is 280 Å². The first kappa shape index (κ1) is 84.3. The molecule has 2 saturated heterocycles. The molecule has 115 heavy (non-hydrogen) atoms. The van der Waals surface area contributed by atoms with E-state index in [2.05, 4.69) is 355 Å². The first-order chi connectivity index (χ1) is 55.2. The van der Waals surface area contributed by atoms with Crippen LogP contribution in [0.25, 0.3) is 6.08 Å². The van der Waals surface area contributed by atoms with Gasteiger partial charge in [-0.3, -0.25) is 19.4 Å². The number of hydrogen-bond donors (Lipinski definition) is 0. The molecule has 582 valence electrons. The molecule has 0 atom stereocenters. The number of rotatable bonds is 5. The molecule has 5 aliphatic heterocycles. The Balaban J connectivity index is 0.000000125. The Bertz CT molecular complexity index is 5520. The van der Waals surface area contributed by atoms with Crippen LogP contribution in [-0.2, 0) is 47.3 Å². The van der Waals surface area contributed by atoms with Crippen molar-refractivity contribution in [3.63, 3.8) is 0 Å². The van der Waals surface area contributed by atoms with Crippen LogP contribution in [-0.4, -0.2) is 160 Å². The molecular formula is C95H88IN7O5S2Se5. The number of hydrogen-bond acceptors (Lipinski definition) is 10. The first-order valence-electron chi connectivity index (χ1n) is 37.5. The summed E-state index contributed by atoms with van der Waals surface area (Å²) in [4.78, 5) is 79.8. The molecule has 8 aromatic carbocycles. The molecule has 2 fully saturated rings. The van der Waals surface area contributed by atoms with E-state index in [9.17, 15) is 24.0 Å². The first-order valence-corrected chi connectivity index (χ1v) is 48.5. The van der Waals surface area contributed by atoms with E-state index < -0.39 is 0 Å². The van der Waals surface area contributed by atoms with Gasteiger partial charge in [0.2, 0.25) is 11.8 Å². The number of likely N-dealkylation sites (N-methyl/N-ethyl adjacent to an activating group) is 2. The van der Waals surface area contributed by atoms with Gasteiger partial charge in [0.05, 0.1) is 0 Å². The molecule has 1 aliphatic carbocycles. The van der Waals surface area contributed by atoms with E-state index >= 15 is 0 Å². The zero-order chi connectivity index (χ0) is 81.7. The van der Waals surface area contributed by atoms with E-state index in [-0.39, 0.29) is 96.5 Å². The molecule has 0 spiro atoms. The fraction of sp³-hybridized carbons (Fsp3) is 0.189. The maximum atomic E-state index is 12.7. The second-order valence-corrected chi connectivity index (χ2v) is 43.9. The van der Waals surface area contributed by atoms with Crippen LogP contribution in [0.4, 0.5) is 47.8 Å². The Kier molecular flexibility index (Phi) is 26.4. The quantitative estimate of drug-likeness (QED) is 0.0314. The predicted molar refractivity (Wildman–Crippen MR) is 492 cm³/mol. The number of fused-ring (bicyclic) bond motifs is 8. The molecule has 0 N–H and O–H groups in total. The molecule has 12 nitrogen and oxygen atoms in total. The van der Waals surface area contributed by atoms with Gasteiger partial charge >= 0.3 is 571 Å². The van der Waals surface area contributed by atoms with Crippen molar-refractivity contribution in [3.05, 3.63) is 347 Å². The molecule has 20 heteroatoms. The Morgan fingerprint density at radius 2 is 0.661 bits per heavy atom. The molecule has 0 unspecified atom stereocenters. The number of amides is 4. The zero-order valence-electron chi connectivity index (χ0n) is 66.0. The van der Waals surface area contributed by atoms with Crippen molar-refractivity contribution < 1.29 is 24.0 Å². The summed E-state index contributed by atoms with van der Waals surface area (Å²) >= 11 is 14.2. The minimum atomic E-state index is -0.358. The van der Waals surface area contributed by atoms with Crippen LogP contribution in [0.3, 0.4) is 0 Å². The molecule has 10 heterocycles. The number of benzene rings is 8. The third-order valence-electron chi connectivity index (χ3n) is 21.6. The van der Waals surface area contributed by atoms with Gasteiger partial charge in [0.1, 0.15) is 6.42 Å².